The number of nitrogens with one attached hydrogen (secondary N) is 2. The fourth-order valence-corrected chi connectivity index (χ4v) is 4.33. The number of hydrogen-bond acceptors (Lipinski definition) is 2. The van der Waals surface area contributed by atoms with Gasteiger partial charge in [0.1, 0.15) is 12.6 Å². The number of amides is 1. The van der Waals surface area contributed by atoms with Crippen molar-refractivity contribution in [1.82, 2.24) is 9.55 Å². The molecular formula is C25H25N4O+. The average molecular weight is 398 g/mol. The topological polar surface area (TPSA) is 51.4 Å². The molecule has 5 heteroatoms. The Morgan fingerprint density at radius 3 is 2.53 bits per heavy atom. The van der Waals surface area contributed by atoms with Crippen LogP contribution in [-0.4, -0.2) is 22.0 Å². The fraction of sp³-hybridized carbons (Fsp3) is 0.200. The van der Waals surface area contributed by atoms with E-state index in [0.29, 0.717) is 11.6 Å². The number of carbonyl (C=O) groups is 1. The molecule has 0 saturated carbocycles. The van der Waals surface area contributed by atoms with Gasteiger partial charge in [-0.05, 0) is 37.3 Å². The van der Waals surface area contributed by atoms with Gasteiger partial charge in [0.25, 0.3) is 5.91 Å². The zero-order valence-corrected chi connectivity index (χ0v) is 17.0. The Morgan fingerprint density at radius 2 is 1.77 bits per heavy atom. The predicted molar refractivity (Wildman–Crippen MR) is 119 cm³/mol. The molecule has 2 atom stereocenters. The highest BCUT2D eigenvalue weighted by atomic mass is 16.1. The van der Waals surface area contributed by atoms with E-state index in [2.05, 4.69) is 53.2 Å². The number of imidazole rings is 1. The van der Waals surface area contributed by atoms with Gasteiger partial charge in [-0.25, -0.2) is 4.98 Å². The molecule has 0 saturated heterocycles. The largest absolute Gasteiger partial charge is 0.322 e. The van der Waals surface area contributed by atoms with Crippen LogP contribution in [0.3, 0.4) is 0 Å². The molecule has 0 bridgehead atoms. The van der Waals surface area contributed by atoms with Crippen LogP contribution in [-0.2, 0) is 13.1 Å². The first-order valence-corrected chi connectivity index (χ1v) is 10.4. The normalized spacial score (nSPS) is 16.8. The van der Waals surface area contributed by atoms with E-state index in [1.54, 1.807) is 0 Å². The maximum absolute atomic E-state index is 12.5. The van der Waals surface area contributed by atoms with Crippen molar-refractivity contribution in [2.75, 3.05) is 11.9 Å². The lowest BCUT2D eigenvalue weighted by molar-refractivity contribution is -0.947. The molecule has 5 rings (SSSR count). The van der Waals surface area contributed by atoms with Gasteiger partial charge in [-0.1, -0.05) is 48.5 Å². The lowest BCUT2D eigenvalue weighted by Gasteiger charge is -2.30. The van der Waals surface area contributed by atoms with E-state index >= 15 is 0 Å². The van der Waals surface area contributed by atoms with Gasteiger partial charge in [-0.15, -0.1) is 0 Å². The van der Waals surface area contributed by atoms with Crippen molar-refractivity contribution in [3.63, 3.8) is 0 Å². The van der Waals surface area contributed by atoms with E-state index in [4.69, 9.17) is 4.98 Å². The Kier molecular flexibility index (Phi) is 4.81. The van der Waals surface area contributed by atoms with E-state index in [-0.39, 0.29) is 5.91 Å². The Morgan fingerprint density at radius 1 is 1.03 bits per heavy atom. The molecule has 4 aromatic rings. The van der Waals surface area contributed by atoms with Gasteiger partial charge in [-0.3, -0.25) is 4.79 Å². The molecule has 30 heavy (non-hydrogen) atoms. The minimum Gasteiger partial charge on any atom is -0.322 e. The smallest absolute Gasteiger partial charge is 0.255 e. The van der Waals surface area contributed by atoms with Crippen LogP contribution in [0, 0.1) is 0 Å². The van der Waals surface area contributed by atoms with E-state index in [0.717, 1.165) is 42.2 Å². The van der Waals surface area contributed by atoms with E-state index in [1.807, 2.05) is 42.5 Å². The van der Waals surface area contributed by atoms with Crippen molar-refractivity contribution in [2.45, 2.75) is 26.1 Å². The average Bonchev–Trinajstić information content (AvgIpc) is 3.16. The number of hydrogen-bond donors (Lipinski definition) is 2. The summed E-state index contributed by atoms with van der Waals surface area (Å²) in [6, 6.07) is 26.4. The summed E-state index contributed by atoms with van der Waals surface area (Å²) in [5.74, 6) is 1.01. The van der Waals surface area contributed by atoms with Crippen molar-refractivity contribution in [2.24, 2.45) is 0 Å². The minimum absolute atomic E-state index is 0.105. The first-order valence-electron chi connectivity index (χ1n) is 10.4. The summed E-state index contributed by atoms with van der Waals surface area (Å²) in [7, 11) is 0. The van der Waals surface area contributed by atoms with Gasteiger partial charge in [0.15, 0.2) is 5.82 Å². The van der Waals surface area contributed by atoms with Crippen LogP contribution in [0.2, 0.25) is 0 Å². The summed E-state index contributed by atoms with van der Waals surface area (Å²) in [5, 5.41) is 2.99. The van der Waals surface area contributed by atoms with Gasteiger partial charge in [0.05, 0.1) is 24.1 Å². The number of fused-ring (bicyclic) bond motifs is 3. The Bertz CT molecular complexity index is 1180. The molecule has 0 aliphatic carbocycles. The maximum atomic E-state index is 12.5. The number of carbonyl (C=O) groups excluding carboxylic acids is 1. The highest BCUT2D eigenvalue weighted by Crippen LogP contribution is 2.22. The molecule has 1 aliphatic heterocycles. The predicted octanol–water partition coefficient (Wildman–Crippen LogP) is 3.45. The molecule has 0 radical (unpaired) electrons. The monoisotopic (exact) mass is 397 g/mol. The Labute approximate surface area is 176 Å². The second-order valence-electron chi connectivity index (χ2n) is 7.92. The van der Waals surface area contributed by atoms with E-state index in [9.17, 15) is 4.79 Å². The summed E-state index contributed by atoms with van der Waals surface area (Å²) < 4.78 is 2.32. The van der Waals surface area contributed by atoms with Gasteiger partial charge in [0.2, 0.25) is 0 Å². The second kappa shape index (κ2) is 7.76. The number of nitrogens with zero attached hydrogens (tertiary/aromatic N) is 2. The van der Waals surface area contributed by atoms with Crippen LogP contribution in [0.5, 0.6) is 0 Å². The zero-order chi connectivity index (χ0) is 20.5. The second-order valence-corrected chi connectivity index (χ2v) is 7.92. The molecule has 0 fully saturated rings. The molecule has 3 aromatic carbocycles. The van der Waals surface area contributed by atoms with E-state index in [1.165, 1.54) is 10.5 Å². The highest BCUT2D eigenvalue weighted by molar-refractivity contribution is 6.04. The fourth-order valence-electron chi connectivity index (χ4n) is 4.33. The summed E-state index contributed by atoms with van der Waals surface area (Å²) in [4.78, 5) is 18.9. The number of anilines is 1. The van der Waals surface area contributed by atoms with Crippen LogP contribution in [0.4, 0.5) is 5.69 Å². The quantitative estimate of drug-likeness (QED) is 0.554. The van der Waals surface area contributed by atoms with Gasteiger partial charge in [-0.2, -0.15) is 0 Å². The molecular weight excluding hydrogens is 372 g/mol. The van der Waals surface area contributed by atoms with Crippen LogP contribution in [0.25, 0.3) is 11.0 Å². The van der Waals surface area contributed by atoms with Crippen molar-refractivity contribution in [3.8, 4) is 0 Å². The third-order valence-corrected chi connectivity index (χ3v) is 6.07. The number of quaternary nitrogens is 1. The molecule has 1 aliphatic rings. The molecule has 2 N–H and O–H groups in total. The van der Waals surface area contributed by atoms with Gasteiger partial charge in [0, 0.05) is 16.8 Å². The third-order valence-electron chi connectivity index (χ3n) is 6.07. The van der Waals surface area contributed by atoms with Crippen molar-refractivity contribution >= 4 is 22.6 Å². The Hall–Kier alpha value is -3.44. The molecule has 150 valence electrons. The Balaban J connectivity index is 1.37. The lowest BCUT2D eigenvalue weighted by Crippen LogP contribution is -3.12. The zero-order valence-electron chi connectivity index (χ0n) is 17.0. The molecule has 0 spiro atoms. The van der Waals surface area contributed by atoms with Crippen LogP contribution in [0.1, 0.15) is 34.7 Å². The van der Waals surface area contributed by atoms with Crippen molar-refractivity contribution in [3.05, 3.63) is 95.8 Å². The highest BCUT2D eigenvalue weighted by Gasteiger charge is 2.27. The summed E-state index contributed by atoms with van der Waals surface area (Å²) in [5.41, 5.74) is 4.85. The summed E-state index contributed by atoms with van der Waals surface area (Å²) in [6.45, 7) is 5.21. The molecule has 1 amide bonds. The van der Waals surface area contributed by atoms with Crippen LogP contribution in [0.15, 0.2) is 78.9 Å². The lowest BCUT2D eigenvalue weighted by atomic mass is 10.1. The first-order chi connectivity index (χ1) is 14.7. The molecule has 1 unspecified atom stereocenters. The number of rotatable bonds is 4. The van der Waals surface area contributed by atoms with Gasteiger partial charge >= 0.3 is 0 Å². The van der Waals surface area contributed by atoms with Crippen molar-refractivity contribution in [1.29, 1.82) is 0 Å². The van der Waals surface area contributed by atoms with Gasteiger partial charge < -0.3 is 14.8 Å². The molecule has 1 aromatic heterocycles. The third kappa shape index (κ3) is 3.48. The van der Waals surface area contributed by atoms with E-state index < -0.39 is 0 Å². The van der Waals surface area contributed by atoms with Crippen LogP contribution >= 0.6 is 0 Å². The summed E-state index contributed by atoms with van der Waals surface area (Å²) in [6.07, 6.45) is 0. The molecule has 2 heterocycles. The standard InChI is InChI=1S/C25H24N4O/c1-18(19-8-4-2-5-9-19)28-14-15-29-23-13-12-21(16-22(23)27-24(29)17-28)26-25(30)20-10-6-3-7-11-20/h2-13,16,18H,14-15,17H2,1H3,(H,26,30)/p+1/t18-/m1/s1. The van der Waals surface area contributed by atoms with Crippen LogP contribution < -0.4 is 10.2 Å². The molecule has 5 nitrogen and oxygen atoms in total. The van der Waals surface area contributed by atoms with Crippen molar-refractivity contribution < 1.29 is 9.69 Å². The first kappa shape index (κ1) is 18.6. The number of aromatic nitrogens is 2. The maximum Gasteiger partial charge on any atom is 0.255 e. The minimum atomic E-state index is -0.105. The number of benzene rings is 3. The SMILES string of the molecule is C[C@H](c1ccccc1)[NH+]1CCn2c(nc3cc(NC(=O)c4ccccc4)ccc32)C1. The summed E-state index contributed by atoms with van der Waals surface area (Å²) >= 11 is 0.